The number of aryl methyl sites for hydroxylation is 2. The molecule has 0 saturated heterocycles. The van der Waals surface area contributed by atoms with E-state index in [2.05, 4.69) is 58.8 Å². The first-order valence-corrected chi connectivity index (χ1v) is 6.85. The number of nitrogens with two attached hydrogens (primary N) is 1. The average molecular weight is 271 g/mol. The number of hydrazine groups is 1. The molecule has 0 atom stereocenters. The Kier molecular flexibility index (Phi) is 4.90. The van der Waals surface area contributed by atoms with Crippen molar-refractivity contribution in [3.8, 4) is 0 Å². The number of nitrogen functional groups attached to an aromatic ring is 1. The summed E-state index contributed by atoms with van der Waals surface area (Å²) in [5.41, 5.74) is 5.06. The standard InChI is InChI=1S/C15H21N5/c1-3-4-13-18-14(9-15(19-13)20-16)17-10-12-7-5-11(2)6-8-12/h5-9H,3-4,10,16H2,1-2H3,(H2,17,18,19,20). The summed E-state index contributed by atoms with van der Waals surface area (Å²) in [7, 11) is 0. The average Bonchev–Trinajstić information content (AvgIpc) is 2.47. The molecular formula is C15H21N5. The fraction of sp³-hybridized carbons (Fsp3) is 0.333. The summed E-state index contributed by atoms with van der Waals surface area (Å²) in [4.78, 5) is 8.81. The zero-order valence-electron chi connectivity index (χ0n) is 12.0. The van der Waals surface area contributed by atoms with Crippen LogP contribution >= 0.6 is 0 Å². The van der Waals surface area contributed by atoms with Crippen molar-refractivity contribution in [2.45, 2.75) is 33.2 Å². The molecule has 5 nitrogen and oxygen atoms in total. The van der Waals surface area contributed by atoms with E-state index in [9.17, 15) is 0 Å². The normalized spacial score (nSPS) is 10.3. The third-order valence-corrected chi connectivity index (χ3v) is 2.99. The summed E-state index contributed by atoms with van der Waals surface area (Å²) in [6, 6.07) is 10.2. The fourth-order valence-electron chi connectivity index (χ4n) is 1.90. The molecule has 0 unspecified atom stereocenters. The molecule has 1 heterocycles. The molecular weight excluding hydrogens is 250 g/mol. The van der Waals surface area contributed by atoms with Gasteiger partial charge in [-0.2, -0.15) is 0 Å². The Hall–Kier alpha value is -2.14. The van der Waals surface area contributed by atoms with Crippen molar-refractivity contribution in [2.75, 3.05) is 10.7 Å². The van der Waals surface area contributed by atoms with Crippen LogP contribution in [0.4, 0.5) is 11.6 Å². The van der Waals surface area contributed by atoms with Crippen LogP contribution in [0, 0.1) is 6.92 Å². The molecule has 0 amide bonds. The van der Waals surface area contributed by atoms with E-state index in [4.69, 9.17) is 5.84 Å². The first kappa shape index (κ1) is 14.3. The number of aromatic nitrogens is 2. The molecule has 20 heavy (non-hydrogen) atoms. The molecule has 2 rings (SSSR count). The highest BCUT2D eigenvalue weighted by Crippen LogP contribution is 2.13. The summed E-state index contributed by atoms with van der Waals surface area (Å²) < 4.78 is 0. The van der Waals surface area contributed by atoms with E-state index in [1.165, 1.54) is 11.1 Å². The molecule has 0 radical (unpaired) electrons. The van der Waals surface area contributed by atoms with Crippen molar-refractivity contribution in [1.29, 1.82) is 0 Å². The van der Waals surface area contributed by atoms with E-state index in [1.807, 2.05) is 6.07 Å². The van der Waals surface area contributed by atoms with Gasteiger partial charge in [0.2, 0.25) is 0 Å². The van der Waals surface area contributed by atoms with E-state index < -0.39 is 0 Å². The Morgan fingerprint density at radius 2 is 1.80 bits per heavy atom. The van der Waals surface area contributed by atoms with Gasteiger partial charge < -0.3 is 10.7 Å². The molecule has 0 saturated carbocycles. The quantitative estimate of drug-likeness (QED) is 0.556. The Morgan fingerprint density at radius 3 is 2.45 bits per heavy atom. The van der Waals surface area contributed by atoms with Crippen LogP contribution in [0.5, 0.6) is 0 Å². The third-order valence-electron chi connectivity index (χ3n) is 2.99. The predicted octanol–water partition coefficient (Wildman–Crippen LogP) is 2.64. The summed E-state index contributed by atoms with van der Waals surface area (Å²) in [6.07, 6.45) is 1.85. The molecule has 2 aromatic rings. The largest absolute Gasteiger partial charge is 0.366 e. The Labute approximate surface area is 119 Å². The Balaban J connectivity index is 2.07. The molecule has 106 valence electrons. The fourth-order valence-corrected chi connectivity index (χ4v) is 1.90. The predicted molar refractivity (Wildman–Crippen MR) is 82.3 cm³/mol. The Morgan fingerprint density at radius 1 is 1.10 bits per heavy atom. The molecule has 0 fully saturated rings. The number of nitrogens with zero attached hydrogens (tertiary/aromatic N) is 2. The zero-order valence-corrected chi connectivity index (χ0v) is 12.0. The smallest absolute Gasteiger partial charge is 0.145 e. The van der Waals surface area contributed by atoms with E-state index >= 15 is 0 Å². The highest BCUT2D eigenvalue weighted by molar-refractivity contribution is 5.47. The second-order valence-electron chi connectivity index (χ2n) is 4.79. The maximum Gasteiger partial charge on any atom is 0.145 e. The molecule has 0 aliphatic rings. The Bertz CT molecular complexity index is 551. The summed E-state index contributed by atoms with van der Waals surface area (Å²) in [6.45, 7) is 4.91. The number of hydrogen-bond donors (Lipinski definition) is 3. The van der Waals surface area contributed by atoms with Gasteiger partial charge in [-0.05, 0) is 18.9 Å². The van der Waals surface area contributed by atoms with Crippen molar-refractivity contribution in [3.05, 3.63) is 47.3 Å². The highest BCUT2D eigenvalue weighted by atomic mass is 15.3. The molecule has 0 aliphatic heterocycles. The van der Waals surface area contributed by atoms with Gasteiger partial charge in [0.05, 0.1) is 0 Å². The lowest BCUT2D eigenvalue weighted by Crippen LogP contribution is -2.12. The van der Waals surface area contributed by atoms with Gasteiger partial charge in [0.1, 0.15) is 17.5 Å². The molecule has 0 bridgehead atoms. The highest BCUT2D eigenvalue weighted by Gasteiger charge is 2.03. The van der Waals surface area contributed by atoms with E-state index in [1.54, 1.807) is 0 Å². The van der Waals surface area contributed by atoms with Gasteiger partial charge in [0.15, 0.2) is 0 Å². The molecule has 5 heteroatoms. The second kappa shape index (κ2) is 6.86. The maximum atomic E-state index is 5.44. The van der Waals surface area contributed by atoms with Crippen molar-refractivity contribution >= 4 is 11.6 Å². The summed E-state index contributed by atoms with van der Waals surface area (Å²) in [5.74, 6) is 7.66. The second-order valence-corrected chi connectivity index (χ2v) is 4.79. The van der Waals surface area contributed by atoms with Gasteiger partial charge in [0.25, 0.3) is 0 Å². The van der Waals surface area contributed by atoms with Crippen molar-refractivity contribution in [3.63, 3.8) is 0 Å². The monoisotopic (exact) mass is 271 g/mol. The van der Waals surface area contributed by atoms with Crippen LogP contribution in [0.15, 0.2) is 30.3 Å². The number of anilines is 2. The first-order valence-electron chi connectivity index (χ1n) is 6.85. The topological polar surface area (TPSA) is 75.9 Å². The molecule has 0 spiro atoms. The van der Waals surface area contributed by atoms with Crippen LogP contribution in [-0.2, 0) is 13.0 Å². The first-order chi connectivity index (χ1) is 9.71. The van der Waals surface area contributed by atoms with E-state index in [0.29, 0.717) is 5.82 Å². The SMILES string of the molecule is CCCc1nc(NN)cc(NCc2ccc(C)cc2)n1. The number of rotatable bonds is 6. The summed E-state index contributed by atoms with van der Waals surface area (Å²) >= 11 is 0. The van der Waals surface area contributed by atoms with Crippen LogP contribution in [0.1, 0.15) is 30.3 Å². The van der Waals surface area contributed by atoms with Gasteiger partial charge in [-0.1, -0.05) is 36.8 Å². The van der Waals surface area contributed by atoms with Crippen LogP contribution in [0.25, 0.3) is 0 Å². The lowest BCUT2D eigenvalue weighted by Gasteiger charge is -2.09. The van der Waals surface area contributed by atoms with Gasteiger partial charge in [-0.25, -0.2) is 15.8 Å². The minimum Gasteiger partial charge on any atom is -0.366 e. The van der Waals surface area contributed by atoms with Gasteiger partial charge >= 0.3 is 0 Å². The molecule has 1 aromatic carbocycles. The molecule has 4 N–H and O–H groups in total. The molecule has 1 aromatic heterocycles. The lowest BCUT2D eigenvalue weighted by atomic mass is 10.1. The van der Waals surface area contributed by atoms with Crippen LogP contribution in [0.2, 0.25) is 0 Å². The van der Waals surface area contributed by atoms with Crippen molar-refractivity contribution in [1.82, 2.24) is 9.97 Å². The number of benzene rings is 1. The van der Waals surface area contributed by atoms with Crippen LogP contribution in [-0.4, -0.2) is 9.97 Å². The van der Waals surface area contributed by atoms with Crippen LogP contribution in [0.3, 0.4) is 0 Å². The van der Waals surface area contributed by atoms with Crippen molar-refractivity contribution < 1.29 is 0 Å². The van der Waals surface area contributed by atoms with E-state index in [-0.39, 0.29) is 0 Å². The number of nitrogens with one attached hydrogen (secondary N) is 2. The zero-order chi connectivity index (χ0) is 14.4. The molecule has 0 aliphatic carbocycles. The maximum absolute atomic E-state index is 5.44. The van der Waals surface area contributed by atoms with Gasteiger partial charge in [-0.3, -0.25) is 0 Å². The lowest BCUT2D eigenvalue weighted by molar-refractivity contribution is 0.834. The van der Waals surface area contributed by atoms with Gasteiger partial charge in [-0.15, -0.1) is 0 Å². The minimum atomic E-state index is 0.634. The van der Waals surface area contributed by atoms with Crippen LogP contribution < -0.4 is 16.6 Å². The van der Waals surface area contributed by atoms with Crippen molar-refractivity contribution in [2.24, 2.45) is 5.84 Å². The van der Waals surface area contributed by atoms with E-state index in [0.717, 1.165) is 31.0 Å². The minimum absolute atomic E-state index is 0.634. The summed E-state index contributed by atoms with van der Waals surface area (Å²) in [5, 5.41) is 3.31. The van der Waals surface area contributed by atoms with Gasteiger partial charge in [0, 0.05) is 19.0 Å². The number of hydrogen-bond acceptors (Lipinski definition) is 5. The third kappa shape index (κ3) is 3.93.